The van der Waals surface area contributed by atoms with Gasteiger partial charge in [-0.15, -0.1) is 11.3 Å². The Kier molecular flexibility index (Phi) is 6.19. The average molecular weight is 260 g/mol. The highest BCUT2D eigenvalue weighted by molar-refractivity contribution is 7.12. The van der Waals surface area contributed by atoms with Gasteiger partial charge in [-0.05, 0) is 51.6 Å². The minimum atomic E-state index is -0.856. The van der Waals surface area contributed by atoms with E-state index in [0.717, 1.165) is 5.06 Å². The van der Waals surface area contributed by atoms with Gasteiger partial charge in [0, 0.05) is 0 Å². The molecule has 1 heterocycles. The van der Waals surface area contributed by atoms with E-state index in [4.69, 9.17) is 14.8 Å². The lowest BCUT2D eigenvalue weighted by molar-refractivity contribution is -0.0889. The molecule has 98 valence electrons. The monoisotopic (exact) mass is 260 g/mol. The Bertz CT molecular complexity index is 330. The van der Waals surface area contributed by atoms with Crippen LogP contribution in [0.15, 0.2) is 11.4 Å². The molecule has 0 saturated heterocycles. The number of aliphatic hydroxyl groups is 1. The molecule has 0 aliphatic carbocycles. The minimum Gasteiger partial charge on any atom is -0.475 e. The third kappa shape index (κ3) is 5.54. The first kappa shape index (κ1) is 16.4. The summed E-state index contributed by atoms with van der Waals surface area (Å²) in [7, 11) is -0.750. The Morgan fingerprint density at radius 2 is 1.71 bits per heavy atom. The van der Waals surface area contributed by atoms with Gasteiger partial charge < -0.3 is 19.9 Å². The van der Waals surface area contributed by atoms with Crippen LogP contribution in [0.4, 0.5) is 0 Å². The van der Waals surface area contributed by atoms with Crippen molar-refractivity contribution in [2.24, 2.45) is 0 Å². The van der Waals surface area contributed by atoms with Crippen molar-refractivity contribution < 1.29 is 19.9 Å². The first-order valence-corrected chi connectivity index (χ1v) is 6.20. The molecule has 0 aromatic carbocycles. The van der Waals surface area contributed by atoms with Crippen LogP contribution < -0.4 is 4.74 Å². The molecule has 0 atom stereocenters. The summed E-state index contributed by atoms with van der Waals surface area (Å²) in [4.78, 5) is 0. The summed E-state index contributed by atoms with van der Waals surface area (Å²) in [5.74, 6) is 0. The normalized spacial score (nSPS) is 11.5. The highest BCUT2D eigenvalue weighted by Crippen LogP contribution is 2.31. The molecule has 0 radical (unpaired) electrons. The van der Waals surface area contributed by atoms with E-state index < -0.39 is 18.9 Å². The topological polar surface area (TPSA) is 69.9 Å². The Balaban J connectivity index is 0.000000770. The molecule has 0 bridgehead atoms. The Labute approximate surface area is 107 Å². The van der Waals surface area contributed by atoms with E-state index in [2.05, 4.69) is 0 Å². The maximum atomic E-state index is 9.89. The SMILES string of the molecule is Cc1csc(OC(C)(C)C(C)(C)O)c1.OBO. The molecule has 0 aliphatic heterocycles. The molecule has 0 fully saturated rings. The Morgan fingerprint density at radius 3 is 2.00 bits per heavy atom. The summed E-state index contributed by atoms with van der Waals surface area (Å²) in [5, 5.41) is 27.0. The molecular weight excluding hydrogens is 239 g/mol. The minimum absolute atomic E-state index is 0.579. The molecule has 17 heavy (non-hydrogen) atoms. The predicted octanol–water partition coefficient (Wildman–Crippen LogP) is 1.22. The summed E-state index contributed by atoms with van der Waals surface area (Å²) in [5.41, 5.74) is -0.244. The summed E-state index contributed by atoms with van der Waals surface area (Å²) >= 11 is 1.56. The molecule has 1 rings (SSSR count). The van der Waals surface area contributed by atoms with E-state index in [9.17, 15) is 5.11 Å². The molecule has 0 unspecified atom stereocenters. The number of rotatable bonds is 3. The van der Waals surface area contributed by atoms with Crippen LogP contribution in [0.25, 0.3) is 0 Å². The molecule has 0 saturated carbocycles. The summed E-state index contributed by atoms with van der Waals surface area (Å²) in [6, 6.07) is 1.98. The molecule has 0 amide bonds. The maximum absolute atomic E-state index is 9.89. The second-order valence-corrected chi connectivity index (χ2v) is 5.63. The van der Waals surface area contributed by atoms with Crippen LogP contribution in [-0.2, 0) is 0 Å². The van der Waals surface area contributed by atoms with Crippen molar-refractivity contribution in [2.75, 3.05) is 0 Å². The Morgan fingerprint density at radius 1 is 1.24 bits per heavy atom. The van der Waals surface area contributed by atoms with Crippen molar-refractivity contribution >= 4 is 19.0 Å². The summed E-state index contributed by atoms with van der Waals surface area (Å²) in [6.45, 7) is 9.32. The van der Waals surface area contributed by atoms with Crippen molar-refractivity contribution in [2.45, 2.75) is 45.8 Å². The average Bonchev–Trinajstić information content (AvgIpc) is 2.49. The van der Waals surface area contributed by atoms with Crippen molar-refractivity contribution in [1.82, 2.24) is 0 Å². The highest BCUT2D eigenvalue weighted by atomic mass is 32.1. The van der Waals surface area contributed by atoms with Crippen molar-refractivity contribution in [1.29, 1.82) is 0 Å². The molecule has 0 spiro atoms. The van der Waals surface area contributed by atoms with Gasteiger partial charge in [-0.25, -0.2) is 0 Å². The van der Waals surface area contributed by atoms with Crippen LogP contribution in [0, 0.1) is 6.92 Å². The summed E-state index contributed by atoms with van der Waals surface area (Å²) in [6.07, 6.45) is 0. The quantitative estimate of drug-likeness (QED) is 0.715. The smallest absolute Gasteiger partial charge is 0.432 e. The Hall–Kier alpha value is -0.555. The second-order valence-electron chi connectivity index (χ2n) is 4.76. The second kappa shape index (κ2) is 6.40. The first-order chi connectivity index (χ1) is 7.64. The number of hydrogen-bond donors (Lipinski definition) is 3. The standard InChI is InChI=1S/C11H18O2S.BH3O2/c1-8-6-9(14-7-8)13-11(4,5)10(2,3)12;2-1-3/h6-7,12H,1-5H3;1-3H. The van der Waals surface area contributed by atoms with Crippen LogP contribution in [-0.4, -0.2) is 34.0 Å². The van der Waals surface area contributed by atoms with Gasteiger partial charge in [-0.3, -0.25) is 0 Å². The summed E-state index contributed by atoms with van der Waals surface area (Å²) < 4.78 is 5.76. The third-order valence-electron chi connectivity index (χ3n) is 2.54. The van der Waals surface area contributed by atoms with Gasteiger partial charge in [-0.2, -0.15) is 0 Å². The highest BCUT2D eigenvalue weighted by Gasteiger charge is 2.37. The van der Waals surface area contributed by atoms with E-state index in [0.29, 0.717) is 0 Å². The van der Waals surface area contributed by atoms with Crippen LogP contribution >= 0.6 is 11.3 Å². The third-order valence-corrected chi connectivity index (χ3v) is 3.46. The van der Waals surface area contributed by atoms with Gasteiger partial charge in [0.15, 0.2) is 5.06 Å². The molecule has 3 N–H and O–H groups in total. The lowest BCUT2D eigenvalue weighted by atomic mass is 9.89. The van der Waals surface area contributed by atoms with Gasteiger partial charge >= 0.3 is 7.69 Å². The zero-order valence-corrected chi connectivity index (χ0v) is 11.8. The number of hydrogen-bond acceptors (Lipinski definition) is 5. The molecular formula is C11H21BO4S. The number of thiophene rings is 1. The van der Waals surface area contributed by atoms with Crippen LogP contribution in [0.2, 0.25) is 0 Å². The number of aryl methyl sites for hydroxylation is 1. The zero-order valence-electron chi connectivity index (χ0n) is 11.0. The van der Waals surface area contributed by atoms with Crippen LogP contribution in [0.5, 0.6) is 5.06 Å². The van der Waals surface area contributed by atoms with Crippen molar-refractivity contribution in [3.63, 3.8) is 0 Å². The van der Waals surface area contributed by atoms with Gasteiger partial charge in [0.1, 0.15) is 5.60 Å². The fraction of sp³-hybridized carbons (Fsp3) is 0.636. The fourth-order valence-corrected chi connectivity index (χ4v) is 1.72. The van der Waals surface area contributed by atoms with Crippen molar-refractivity contribution in [3.8, 4) is 5.06 Å². The van der Waals surface area contributed by atoms with E-state index >= 15 is 0 Å². The molecule has 1 aromatic heterocycles. The van der Waals surface area contributed by atoms with Crippen molar-refractivity contribution in [3.05, 3.63) is 17.0 Å². The fourth-order valence-electron chi connectivity index (χ4n) is 0.835. The number of ether oxygens (including phenoxy) is 1. The lowest BCUT2D eigenvalue weighted by Crippen LogP contribution is -2.49. The molecule has 0 aliphatic rings. The largest absolute Gasteiger partial charge is 0.475 e. The van der Waals surface area contributed by atoms with Gasteiger partial charge in [0.2, 0.25) is 0 Å². The van der Waals surface area contributed by atoms with Gasteiger partial charge in [0.05, 0.1) is 5.60 Å². The molecule has 1 aromatic rings. The predicted molar refractivity (Wildman–Crippen MR) is 71.6 cm³/mol. The first-order valence-electron chi connectivity index (χ1n) is 5.32. The molecule has 4 nitrogen and oxygen atoms in total. The lowest BCUT2D eigenvalue weighted by Gasteiger charge is -2.36. The van der Waals surface area contributed by atoms with Crippen LogP contribution in [0.1, 0.15) is 33.3 Å². The maximum Gasteiger partial charge on any atom is 0.432 e. The zero-order chi connectivity index (χ0) is 13.7. The van der Waals surface area contributed by atoms with E-state index in [1.807, 2.05) is 32.2 Å². The van der Waals surface area contributed by atoms with Gasteiger partial charge in [0.25, 0.3) is 0 Å². The van der Waals surface area contributed by atoms with Crippen LogP contribution in [0.3, 0.4) is 0 Å². The van der Waals surface area contributed by atoms with E-state index in [1.54, 1.807) is 25.2 Å². The molecule has 6 heteroatoms. The van der Waals surface area contributed by atoms with E-state index in [-0.39, 0.29) is 0 Å². The van der Waals surface area contributed by atoms with Gasteiger partial charge in [-0.1, -0.05) is 0 Å². The van der Waals surface area contributed by atoms with E-state index in [1.165, 1.54) is 5.56 Å².